The Morgan fingerprint density at radius 1 is 1.38 bits per heavy atom. The topological polar surface area (TPSA) is 61.8 Å². The van der Waals surface area contributed by atoms with E-state index in [4.69, 9.17) is 27.9 Å². The number of rotatable bonds is 7. The molecule has 1 aromatic rings. The van der Waals surface area contributed by atoms with E-state index in [-0.39, 0.29) is 19.1 Å². The van der Waals surface area contributed by atoms with Gasteiger partial charge in [0.15, 0.2) is 6.61 Å². The number of carbonyl (C=O) groups excluding carboxylic acids is 1. The highest BCUT2D eigenvalue weighted by molar-refractivity contribution is 6.42. The lowest BCUT2D eigenvalue weighted by Gasteiger charge is -2.27. The van der Waals surface area contributed by atoms with Crippen LogP contribution < -0.4 is 10.1 Å². The minimum Gasteiger partial charge on any atom is -0.484 e. The van der Waals surface area contributed by atoms with Crippen LogP contribution in [0.3, 0.4) is 0 Å². The van der Waals surface area contributed by atoms with Crippen molar-refractivity contribution in [1.29, 1.82) is 0 Å². The Kier molecular flexibility index (Phi) is 6.74. The molecular weight excluding hydrogens is 315 g/mol. The summed E-state index contributed by atoms with van der Waals surface area (Å²) in [7, 11) is 3.70. The Hall–Kier alpha value is -1.01. The van der Waals surface area contributed by atoms with Crippen molar-refractivity contribution >= 4 is 29.1 Å². The van der Waals surface area contributed by atoms with Crippen LogP contribution in [-0.2, 0) is 4.79 Å². The lowest BCUT2D eigenvalue weighted by molar-refractivity contribution is -0.124. The van der Waals surface area contributed by atoms with Gasteiger partial charge in [0.1, 0.15) is 5.75 Å². The van der Waals surface area contributed by atoms with Crippen molar-refractivity contribution in [3.63, 3.8) is 0 Å². The number of nitrogens with zero attached hydrogens (tertiary/aromatic N) is 1. The number of hydrogen-bond donors (Lipinski definition) is 2. The van der Waals surface area contributed by atoms with E-state index in [1.807, 2.05) is 19.0 Å². The normalized spacial score (nSPS) is 13.9. The van der Waals surface area contributed by atoms with Gasteiger partial charge in [0.2, 0.25) is 0 Å². The Morgan fingerprint density at radius 2 is 2.05 bits per heavy atom. The molecule has 0 saturated carbocycles. The maximum atomic E-state index is 11.7. The van der Waals surface area contributed by atoms with Gasteiger partial charge in [-0.3, -0.25) is 4.79 Å². The average Bonchev–Trinajstić information content (AvgIpc) is 2.36. The molecule has 118 valence electrons. The van der Waals surface area contributed by atoms with Crippen LogP contribution in [0.2, 0.25) is 10.0 Å². The van der Waals surface area contributed by atoms with E-state index in [0.29, 0.717) is 22.3 Å². The summed E-state index contributed by atoms with van der Waals surface area (Å²) in [6.07, 6.45) is 0. The summed E-state index contributed by atoms with van der Waals surface area (Å²) in [5.74, 6) is 0.139. The fraction of sp³-hybridized carbons (Fsp3) is 0.500. The fourth-order valence-electron chi connectivity index (χ4n) is 1.79. The largest absolute Gasteiger partial charge is 0.484 e. The quantitative estimate of drug-likeness (QED) is 0.798. The lowest BCUT2D eigenvalue weighted by atomic mass is 10.1. The molecule has 0 bridgehead atoms. The van der Waals surface area contributed by atoms with E-state index in [1.165, 1.54) is 0 Å². The fourth-order valence-corrected chi connectivity index (χ4v) is 2.08. The summed E-state index contributed by atoms with van der Waals surface area (Å²) < 4.78 is 5.30. The number of benzene rings is 1. The molecule has 1 rings (SSSR count). The second-order valence-corrected chi connectivity index (χ2v) is 6.19. The molecule has 21 heavy (non-hydrogen) atoms. The minimum absolute atomic E-state index is 0.148. The first-order valence-corrected chi connectivity index (χ1v) is 7.17. The molecule has 1 unspecified atom stereocenters. The van der Waals surface area contributed by atoms with Gasteiger partial charge in [0.25, 0.3) is 5.91 Å². The Morgan fingerprint density at radius 3 is 2.62 bits per heavy atom. The van der Waals surface area contributed by atoms with Gasteiger partial charge in [-0.15, -0.1) is 0 Å². The van der Waals surface area contributed by atoms with Crippen LogP contribution in [0.15, 0.2) is 18.2 Å². The van der Waals surface area contributed by atoms with Crippen LogP contribution in [0.5, 0.6) is 5.75 Å². The van der Waals surface area contributed by atoms with Crippen LogP contribution in [-0.4, -0.2) is 55.3 Å². The smallest absolute Gasteiger partial charge is 0.258 e. The number of likely N-dealkylation sites (N-methyl/N-ethyl adjacent to an activating group) is 1. The number of amides is 1. The zero-order valence-electron chi connectivity index (χ0n) is 12.3. The number of aliphatic hydroxyl groups is 1. The monoisotopic (exact) mass is 334 g/mol. The number of nitrogens with one attached hydrogen (secondary N) is 1. The van der Waals surface area contributed by atoms with Crippen molar-refractivity contribution in [3.8, 4) is 5.75 Å². The molecule has 0 spiro atoms. The maximum absolute atomic E-state index is 11.7. The molecule has 1 atom stereocenters. The van der Waals surface area contributed by atoms with E-state index < -0.39 is 5.60 Å². The highest BCUT2D eigenvalue weighted by Gasteiger charge is 2.22. The number of ether oxygens (including phenoxy) is 1. The molecule has 1 aromatic carbocycles. The standard InChI is InChI=1S/C14H20Cl2N2O3/c1-14(20,9-18(2)3)8-17-13(19)7-21-10-4-5-11(15)12(16)6-10/h4-6,20H,7-9H2,1-3H3,(H,17,19). The zero-order valence-corrected chi connectivity index (χ0v) is 13.8. The molecule has 0 radical (unpaired) electrons. The third kappa shape index (κ3) is 7.00. The highest BCUT2D eigenvalue weighted by Crippen LogP contribution is 2.26. The molecule has 7 heteroatoms. The van der Waals surface area contributed by atoms with Gasteiger partial charge >= 0.3 is 0 Å². The summed E-state index contributed by atoms with van der Waals surface area (Å²) in [5, 5.41) is 13.5. The molecule has 0 aromatic heterocycles. The Labute approximate surface area is 134 Å². The van der Waals surface area contributed by atoms with Gasteiger partial charge in [-0.25, -0.2) is 0 Å². The molecule has 0 aliphatic heterocycles. The van der Waals surface area contributed by atoms with Crippen molar-refractivity contribution in [2.75, 3.05) is 33.8 Å². The summed E-state index contributed by atoms with van der Waals surface area (Å²) in [5.41, 5.74) is -0.997. The van der Waals surface area contributed by atoms with Gasteiger partial charge in [0, 0.05) is 19.2 Å². The van der Waals surface area contributed by atoms with Gasteiger partial charge in [-0.1, -0.05) is 23.2 Å². The first-order chi connectivity index (χ1) is 9.69. The lowest BCUT2D eigenvalue weighted by Crippen LogP contribution is -2.47. The first-order valence-electron chi connectivity index (χ1n) is 6.41. The summed E-state index contributed by atoms with van der Waals surface area (Å²) in [6.45, 7) is 2.10. The maximum Gasteiger partial charge on any atom is 0.258 e. The Balaban J connectivity index is 2.39. The second-order valence-electron chi connectivity index (χ2n) is 5.38. The zero-order chi connectivity index (χ0) is 16.0. The van der Waals surface area contributed by atoms with Gasteiger partial charge in [0.05, 0.1) is 15.6 Å². The highest BCUT2D eigenvalue weighted by atomic mass is 35.5. The van der Waals surface area contributed by atoms with Gasteiger partial charge in [-0.2, -0.15) is 0 Å². The summed E-state index contributed by atoms with van der Waals surface area (Å²) in [6, 6.07) is 4.77. The molecule has 5 nitrogen and oxygen atoms in total. The van der Waals surface area contributed by atoms with E-state index in [1.54, 1.807) is 25.1 Å². The van der Waals surface area contributed by atoms with E-state index in [0.717, 1.165) is 0 Å². The van der Waals surface area contributed by atoms with Crippen molar-refractivity contribution < 1.29 is 14.6 Å². The van der Waals surface area contributed by atoms with Crippen LogP contribution in [0.4, 0.5) is 0 Å². The van der Waals surface area contributed by atoms with E-state index in [2.05, 4.69) is 5.32 Å². The molecule has 0 saturated heterocycles. The second kappa shape index (κ2) is 7.84. The SMILES string of the molecule is CN(C)CC(C)(O)CNC(=O)COc1ccc(Cl)c(Cl)c1. The third-order valence-electron chi connectivity index (χ3n) is 2.58. The molecule has 0 aliphatic rings. The average molecular weight is 335 g/mol. The third-order valence-corrected chi connectivity index (χ3v) is 3.32. The van der Waals surface area contributed by atoms with Crippen molar-refractivity contribution in [2.24, 2.45) is 0 Å². The van der Waals surface area contributed by atoms with Crippen molar-refractivity contribution in [3.05, 3.63) is 28.2 Å². The summed E-state index contributed by atoms with van der Waals surface area (Å²) >= 11 is 11.6. The Bertz CT molecular complexity index is 493. The molecule has 0 heterocycles. The minimum atomic E-state index is -0.997. The predicted octanol–water partition coefficient (Wildman–Crippen LogP) is 1.80. The molecule has 0 fully saturated rings. The van der Waals surface area contributed by atoms with Crippen LogP contribution in [0.25, 0.3) is 0 Å². The van der Waals surface area contributed by atoms with Crippen molar-refractivity contribution in [2.45, 2.75) is 12.5 Å². The number of carbonyl (C=O) groups is 1. The van der Waals surface area contributed by atoms with E-state index in [9.17, 15) is 9.90 Å². The molecular formula is C14H20Cl2N2O3. The molecule has 2 N–H and O–H groups in total. The number of hydrogen-bond acceptors (Lipinski definition) is 4. The first kappa shape index (κ1) is 18.0. The van der Waals surface area contributed by atoms with Crippen LogP contribution >= 0.6 is 23.2 Å². The van der Waals surface area contributed by atoms with Gasteiger partial charge < -0.3 is 20.1 Å². The van der Waals surface area contributed by atoms with E-state index >= 15 is 0 Å². The van der Waals surface area contributed by atoms with Crippen molar-refractivity contribution in [1.82, 2.24) is 10.2 Å². The number of halogens is 2. The molecule has 1 amide bonds. The van der Waals surface area contributed by atoms with Gasteiger partial charge in [-0.05, 0) is 33.2 Å². The summed E-state index contributed by atoms with van der Waals surface area (Å²) in [4.78, 5) is 13.5. The van der Waals surface area contributed by atoms with Crippen LogP contribution in [0.1, 0.15) is 6.92 Å². The molecule has 0 aliphatic carbocycles. The van der Waals surface area contributed by atoms with Crippen LogP contribution in [0, 0.1) is 0 Å². The predicted molar refractivity (Wildman–Crippen MR) is 84.1 cm³/mol.